The molecule has 6 aromatic rings. The van der Waals surface area contributed by atoms with Gasteiger partial charge in [-0.3, -0.25) is 0 Å². The van der Waals surface area contributed by atoms with Crippen LogP contribution < -0.4 is 4.65 Å². The summed E-state index contributed by atoms with van der Waals surface area (Å²) >= 11 is 0. The maximum absolute atomic E-state index is 9.68. The second kappa shape index (κ2) is 7.62. The fourth-order valence-electron chi connectivity index (χ4n) is 6.06. The maximum Gasteiger partial charge on any atom is 0.504 e. The van der Waals surface area contributed by atoms with Crippen LogP contribution in [-0.2, 0) is 5.41 Å². The zero-order valence-corrected chi connectivity index (χ0v) is 19.1. The Morgan fingerprint density at radius 2 is 1.26 bits per heavy atom. The van der Waals surface area contributed by atoms with Crippen LogP contribution in [0.25, 0.3) is 27.5 Å². The molecule has 0 fully saturated rings. The van der Waals surface area contributed by atoms with Gasteiger partial charge >= 0.3 is 7.69 Å². The zero-order chi connectivity index (χ0) is 23.4. The predicted molar refractivity (Wildman–Crippen MR) is 143 cm³/mol. The Morgan fingerprint density at radius 3 is 1.97 bits per heavy atom. The molecule has 7 rings (SSSR count). The van der Waals surface area contributed by atoms with E-state index in [1.165, 1.54) is 33.3 Å². The van der Waals surface area contributed by atoms with Crippen molar-refractivity contribution in [2.75, 3.05) is 0 Å². The Morgan fingerprint density at radius 1 is 0.629 bits per heavy atom. The van der Waals surface area contributed by atoms with Crippen molar-refractivity contribution in [3.63, 3.8) is 0 Å². The molecule has 2 heterocycles. The highest BCUT2D eigenvalue weighted by Crippen LogP contribution is 2.54. The van der Waals surface area contributed by atoms with Crippen LogP contribution in [0.4, 0.5) is 0 Å². The van der Waals surface area contributed by atoms with E-state index < -0.39 is 5.41 Å². The molecular formula is C31H22BNO2. The van der Waals surface area contributed by atoms with Gasteiger partial charge in [0.1, 0.15) is 5.75 Å². The van der Waals surface area contributed by atoms with Crippen molar-refractivity contribution in [2.24, 2.45) is 0 Å². The molecule has 1 aliphatic rings. The quantitative estimate of drug-likeness (QED) is 0.328. The van der Waals surface area contributed by atoms with Crippen molar-refractivity contribution >= 4 is 29.5 Å². The summed E-state index contributed by atoms with van der Waals surface area (Å²) < 4.78 is 8.13. The van der Waals surface area contributed by atoms with Gasteiger partial charge in [-0.2, -0.15) is 0 Å². The summed E-state index contributed by atoms with van der Waals surface area (Å²) in [6, 6.07) is 42.8. The Labute approximate surface area is 204 Å². The molecule has 0 bridgehead atoms. The lowest BCUT2D eigenvalue weighted by molar-refractivity contribution is 0.453. The van der Waals surface area contributed by atoms with Gasteiger partial charge in [0.15, 0.2) is 0 Å². The fraction of sp³-hybridized carbons (Fsp3) is 0.0323. The van der Waals surface area contributed by atoms with Gasteiger partial charge in [-0.25, -0.2) is 0 Å². The Kier molecular flexibility index (Phi) is 4.38. The smallest absolute Gasteiger partial charge is 0.504 e. The van der Waals surface area contributed by atoms with E-state index in [4.69, 9.17) is 4.65 Å². The van der Waals surface area contributed by atoms with E-state index >= 15 is 0 Å². The van der Waals surface area contributed by atoms with Crippen LogP contribution in [0, 0.1) is 0 Å². The van der Waals surface area contributed by atoms with E-state index in [-0.39, 0.29) is 7.69 Å². The first-order chi connectivity index (χ1) is 17.3. The monoisotopic (exact) mass is 451 g/mol. The Hall–Kier alpha value is -4.28. The summed E-state index contributed by atoms with van der Waals surface area (Å²) in [5.74, 6) is 0.661. The third-order valence-corrected chi connectivity index (χ3v) is 7.34. The number of para-hydroxylation sites is 2. The summed E-state index contributed by atoms with van der Waals surface area (Å²) in [5.41, 5.74) is 7.69. The Bertz CT molecular complexity index is 1670. The summed E-state index contributed by atoms with van der Waals surface area (Å²) in [5, 5.41) is 12.0. The normalized spacial score (nSPS) is 13.5. The van der Waals surface area contributed by atoms with Gasteiger partial charge in [-0.05, 0) is 46.5 Å². The molecule has 0 saturated carbocycles. The van der Waals surface area contributed by atoms with Crippen LogP contribution in [0.15, 0.2) is 121 Å². The van der Waals surface area contributed by atoms with Crippen LogP contribution >= 0.6 is 0 Å². The largest absolute Gasteiger partial charge is 0.539 e. The highest BCUT2D eigenvalue weighted by molar-refractivity contribution is 6.18. The van der Waals surface area contributed by atoms with Crippen molar-refractivity contribution in [3.8, 4) is 11.4 Å². The minimum Gasteiger partial charge on any atom is -0.539 e. The standard InChI is InChI=1S/C31H22BNO2/c34-32-35-23-19-25-24-15-7-9-17-28(24)33-29-18-10-8-16-26(29)31(27(20-23)30(25)33,21-11-3-1-4-12-21)22-13-5-2-6-14-22/h1-20,32,34H. The first-order valence-electron chi connectivity index (χ1n) is 11.9. The van der Waals surface area contributed by atoms with Gasteiger partial charge in [-0.1, -0.05) is 97.1 Å². The molecular weight excluding hydrogens is 429 g/mol. The van der Waals surface area contributed by atoms with Gasteiger partial charge in [0.25, 0.3) is 0 Å². The van der Waals surface area contributed by atoms with Crippen LogP contribution in [0.5, 0.6) is 5.75 Å². The number of hydrogen-bond donors (Lipinski definition) is 1. The highest BCUT2D eigenvalue weighted by atomic mass is 16.5. The number of rotatable bonds is 4. The van der Waals surface area contributed by atoms with E-state index in [9.17, 15) is 5.02 Å². The molecule has 35 heavy (non-hydrogen) atoms. The molecule has 0 spiro atoms. The third-order valence-electron chi connectivity index (χ3n) is 7.34. The van der Waals surface area contributed by atoms with E-state index in [1.54, 1.807) is 0 Å². The van der Waals surface area contributed by atoms with Gasteiger partial charge in [-0.15, -0.1) is 0 Å². The summed E-state index contributed by atoms with van der Waals surface area (Å²) in [4.78, 5) is 0. The number of nitrogens with zero attached hydrogens (tertiary/aromatic N) is 1. The summed E-state index contributed by atoms with van der Waals surface area (Å²) in [7, 11) is -0.371. The van der Waals surface area contributed by atoms with Crippen molar-refractivity contribution in [1.82, 2.24) is 4.57 Å². The zero-order valence-electron chi connectivity index (χ0n) is 19.1. The maximum atomic E-state index is 9.68. The fourth-order valence-corrected chi connectivity index (χ4v) is 6.06. The molecule has 1 aliphatic heterocycles. The lowest BCUT2D eigenvalue weighted by atomic mass is 9.63. The van der Waals surface area contributed by atoms with Gasteiger partial charge in [0, 0.05) is 10.8 Å². The van der Waals surface area contributed by atoms with Crippen molar-refractivity contribution in [1.29, 1.82) is 0 Å². The van der Waals surface area contributed by atoms with Crippen LogP contribution in [-0.4, -0.2) is 17.3 Å². The van der Waals surface area contributed by atoms with Gasteiger partial charge in [0.05, 0.1) is 22.1 Å². The second-order valence-corrected chi connectivity index (χ2v) is 8.99. The SMILES string of the molecule is OBOc1cc2c3c(c1)c1ccccc1n3-c1ccccc1C2(c1ccccc1)c1ccccc1. The lowest BCUT2D eigenvalue weighted by Crippen LogP contribution is -2.35. The van der Waals surface area contributed by atoms with E-state index in [0.29, 0.717) is 5.75 Å². The summed E-state index contributed by atoms with van der Waals surface area (Å²) in [6.45, 7) is 0. The first-order valence-corrected chi connectivity index (χ1v) is 11.9. The topological polar surface area (TPSA) is 34.4 Å². The molecule has 0 unspecified atom stereocenters. The lowest BCUT2D eigenvalue weighted by Gasteiger charge is -2.41. The molecule has 1 N–H and O–H groups in total. The molecule has 5 aromatic carbocycles. The molecule has 3 nitrogen and oxygen atoms in total. The molecule has 0 radical (unpaired) electrons. The van der Waals surface area contributed by atoms with E-state index in [1.807, 2.05) is 0 Å². The van der Waals surface area contributed by atoms with E-state index in [0.717, 1.165) is 16.5 Å². The predicted octanol–water partition coefficient (Wildman–Crippen LogP) is 6.12. The average Bonchev–Trinajstić information content (AvgIpc) is 3.26. The number of hydrogen-bond acceptors (Lipinski definition) is 2. The van der Waals surface area contributed by atoms with Gasteiger partial charge < -0.3 is 14.2 Å². The van der Waals surface area contributed by atoms with Crippen LogP contribution in [0.2, 0.25) is 0 Å². The molecule has 0 atom stereocenters. The second-order valence-electron chi connectivity index (χ2n) is 8.99. The average molecular weight is 451 g/mol. The molecule has 4 heteroatoms. The molecule has 0 amide bonds. The van der Waals surface area contributed by atoms with E-state index in [2.05, 4.69) is 126 Å². The Balaban J connectivity index is 1.78. The number of aromatic nitrogens is 1. The molecule has 0 aliphatic carbocycles. The van der Waals surface area contributed by atoms with Gasteiger partial charge in [0.2, 0.25) is 0 Å². The third kappa shape index (κ3) is 2.66. The van der Waals surface area contributed by atoms with Crippen molar-refractivity contribution in [2.45, 2.75) is 5.41 Å². The minimum atomic E-state index is -0.559. The number of benzene rings is 5. The van der Waals surface area contributed by atoms with Crippen molar-refractivity contribution in [3.05, 3.63) is 144 Å². The highest BCUT2D eigenvalue weighted by Gasteiger charge is 2.45. The molecule has 1 aromatic heterocycles. The first kappa shape index (κ1) is 20.1. The molecule has 0 saturated heterocycles. The minimum absolute atomic E-state index is 0.371. The summed E-state index contributed by atoms with van der Waals surface area (Å²) in [6.07, 6.45) is 0. The van der Waals surface area contributed by atoms with Crippen molar-refractivity contribution < 1.29 is 9.68 Å². The number of fused-ring (bicyclic) bond motifs is 5. The molecule has 166 valence electrons. The van der Waals surface area contributed by atoms with Crippen LogP contribution in [0.3, 0.4) is 0 Å². The van der Waals surface area contributed by atoms with Crippen LogP contribution in [0.1, 0.15) is 22.3 Å².